The number of benzene rings is 3. The quantitative estimate of drug-likeness (QED) is 0.311. The van der Waals surface area contributed by atoms with Crippen LogP contribution in [0.1, 0.15) is 16.7 Å². The van der Waals surface area contributed by atoms with E-state index in [9.17, 15) is 9.18 Å². The van der Waals surface area contributed by atoms with Gasteiger partial charge in [0, 0.05) is 34.6 Å². The average Bonchev–Trinajstić information content (AvgIpc) is 3.23. The van der Waals surface area contributed by atoms with Crippen molar-refractivity contribution in [1.82, 2.24) is 4.98 Å². The van der Waals surface area contributed by atoms with Crippen molar-refractivity contribution in [2.24, 2.45) is 0 Å². The maximum Gasteiger partial charge on any atom is 0.382 e. The zero-order valence-electron chi connectivity index (χ0n) is 17.2. The zero-order chi connectivity index (χ0) is 23.4. The van der Waals surface area contributed by atoms with E-state index < -0.39 is 5.97 Å². The van der Waals surface area contributed by atoms with Gasteiger partial charge in [-0.2, -0.15) is 0 Å². The van der Waals surface area contributed by atoms with Crippen LogP contribution in [0.4, 0.5) is 9.52 Å². The van der Waals surface area contributed by atoms with Gasteiger partial charge < -0.3 is 10.0 Å². The van der Waals surface area contributed by atoms with Gasteiger partial charge in [0.1, 0.15) is 5.82 Å². The Hall–Kier alpha value is -3.11. The van der Waals surface area contributed by atoms with Crippen LogP contribution in [0.5, 0.6) is 0 Å². The summed E-state index contributed by atoms with van der Waals surface area (Å²) in [5, 5.41) is 10.6. The number of aromatic nitrogens is 1. The van der Waals surface area contributed by atoms with Crippen molar-refractivity contribution in [2.45, 2.75) is 13.0 Å². The van der Waals surface area contributed by atoms with Gasteiger partial charge in [-0.25, -0.2) is 14.2 Å². The van der Waals surface area contributed by atoms with Crippen LogP contribution < -0.4 is 4.90 Å². The van der Waals surface area contributed by atoms with Gasteiger partial charge in [0.05, 0.1) is 10.2 Å². The van der Waals surface area contributed by atoms with Gasteiger partial charge in [0.25, 0.3) is 0 Å². The molecule has 0 unspecified atom stereocenters. The van der Waals surface area contributed by atoms with Crippen molar-refractivity contribution in [3.05, 3.63) is 93.2 Å². The molecular weight excluding hydrogens is 482 g/mol. The lowest BCUT2D eigenvalue weighted by molar-refractivity contribution is -0.130. The molecule has 0 aliphatic heterocycles. The Morgan fingerprint density at radius 1 is 1.12 bits per heavy atom. The summed E-state index contributed by atoms with van der Waals surface area (Å²) >= 11 is 13.7. The highest BCUT2D eigenvalue weighted by Crippen LogP contribution is 2.32. The van der Waals surface area contributed by atoms with Gasteiger partial charge in [-0.05, 0) is 53.9 Å². The van der Waals surface area contributed by atoms with Crippen LogP contribution in [0.25, 0.3) is 10.2 Å². The highest BCUT2D eigenvalue weighted by molar-refractivity contribution is 7.22. The molecule has 0 atom stereocenters. The van der Waals surface area contributed by atoms with Gasteiger partial charge in [-0.1, -0.05) is 64.7 Å². The van der Waals surface area contributed by atoms with Gasteiger partial charge >= 0.3 is 5.97 Å². The summed E-state index contributed by atoms with van der Waals surface area (Å²) in [6.45, 7) is 1.13. The molecule has 166 valence electrons. The lowest BCUT2D eigenvalue weighted by Crippen LogP contribution is -2.25. The largest absolute Gasteiger partial charge is 0.472 e. The van der Waals surface area contributed by atoms with Crippen LogP contribution >= 0.6 is 34.5 Å². The van der Waals surface area contributed by atoms with Crippen LogP contribution in [-0.4, -0.2) is 22.6 Å². The van der Waals surface area contributed by atoms with Crippen LogP contribution in [0.15, 0.2) is 60.7 Å². The Labute approximate surface area is 204 Å². The van der Waals surface area contributed by atoms with Crippen LogP contribution in [0.3, 0.4) is 0 Å². The van der Waals surface area contributed by atoms with E-state index in [1.807, 2.05) is 18.2 Å². The minimum atomic E-state index is -1.17. The lowest BCUT2D eigenvalue weighted by Gasteiger charge is -2.22. The first kappa shape index (κ1) is 23.1. The van der Waals surface area contributed by atoms with Crippen molar-refractivity contribution in [3.63, 3.8) is 0 Å². The summed E-state index contributed by atoms with van der Waals surface area (Å²) in [5.74, 6) is 3.24. The summed E-state index contributed by atoms with van der Waals surface area (Å²) in [4.78, 5) is 17.4. The standard InChI is InChI=1S/C25H17Cl2FN2O2S/c26-19-10-9-18(20(27)14-19)12-13-30(25-29-22-3-1-2-21(28)24(22)33-25)15-17-6-4-16(5-7-17)8-11-23(31)32/h1-7,9-10,14H,12-13,15H2,(H,31,32). The molecule has 0 aliphatic carbocycles. The third-order valence-electron chi connectivity index (χ3n) is 4.93. The van der Waals surface area contributed by atoms with E-state index in [2.05, 4.69) is 21.7 Å². The van der Waals surface area contributed by atoms with Gasteiger partial charge in [-0.3, -0.25) is 0 Å². The fourth-order valence-electron chi connectivity index (χ4n) is 3.30. The number of carbonyl (C=O) groups is 1. The minimum Gasteiger partial charge on any atom is -0.472 e. The minimum absolute atomic E-state index is 0.293. The Kier molecular flexibility index (Phi) is 7.14. The van der Waals surface area contributed by atoms with Crippen molar-refractivity contribution in [1.29, 1.82) is 0 Å². The third-order valence-corrected chi connectivity index (χ3v) is 6.66. The van der Waals surface area contributed by atoms with Gasteiger partial charge in [0.15, 0.2) is 5.13 Å². The lowest BCUT2D eigenvalue weighted by atomic mass is 10.1. The molecule has 1 aromatic heterocycles. The van der Waals surface area contributed by atoms with Gasteiger partial charge in [-0.15, -0.1) is 0 Å². The number of rotatable bonds is 6. The third kappa shape index (κ3) is 5.82. The molecule has 0 fully saturated rings. The van der Waals surface area contributed by atoms with Crippen LogP contribution in [0, 0.1) is 17.7 Å². The van der Waals surface area contributed by atoms with E-state index in [1.54, 1.807) is 36.4 Å². The van der Waals surface area contributed by atoms with E-state index in [0.717, 1.165) is 11.1 Å². The predicted octanol–water partition coefficient (Wildman–Crippen LogP) is 6.43. The molecule has 0 aliphatic rings. The smallest absolute Gasteiger partial charge is 0.382 e. The summed E-state index contributed by atoms with van der Waals surface area (Å²) in [6, 6.07) is 17.6. The van der Waals surface area contributed by atoms with E-state index in [1.165, 1.54) is 17.4 Å². The molecule has 0 saturated carbocycles. The maximum absolute atomic E-state index is 14.3. The molecule has 1 heterocycles. The molecule has 4 nitrogen and oxygen atoms in total. The number of anilines is 1. The Bertz CT molecular complexity index is 1380. The highest BCUT2D eigenvalue weighted by atomic mass is 35.5. The van der Waals surface area contributed by atoms with E-state index in [-0.39, 0.29) is 5.82 Å². The molecule has 8 heteroatoms. The Morgan fingerprint density at radius 2 is 1.91 bits per heavy atom. The summed E-state index contributed by atoms with van der Waals surface area (Å²) < 4.78 is 14.8. The van der Waals surface area contributed by atoms with Crippen molar-refractivity contribution in [2.75, 3.05) is 11.4 Å². The first-order valence-corrected chi connectivity index (χ1v) is 11.5. The van der Waals surface area contributed by atoms with E-state index in [0.29, 0.717) is 50.5 Å². The number of fused-ring (bicyclic) bond motifs is 1. The number of hydrogen-bond donors (Lipinski definition) is 1. The molecule has 0 radical (unpaired) electrons. The van der Waals surface area contributed by atoms with Crippen molar-refractivity contribution < 1.29 is 14.3 Å². The molecule has 0 saturated heterocycles. The number of carboxylic acids is 1. The molecule has 4 rings (SSSR count). The van der Waals surface area contributed by atoms with Crippen molar-refractivity contribution in [3.8, 4) is 11.8 Å². The second-order valence-corrected chi connectivity index (χ2v) is 9.07. The number of carboxylic acid groups (broad SMARTS) is 1. The van der Waals surface area contributed by atoms with Crippen LogP contribution in [0.2, 0.25) is 10.0 Å². The first-order valence-electron chi connectivity index (χ1n) is 9.97. The monoisotopic (exact) mass is 498 g/mol. The topological polar surface area (TPSA) is 53.4 Å². The fraction of sp³-hybridized carbons (Fsp3) is 0.120. The Balaban J connectivity index is 1.61. The predicted molar refractivity (Wildman–Crippen MR) is 132 cm³/mol. The van der Waals surface area contributed by atoms with E-state index in [4.69, 9.17) is 28.3 Å². The number of halogens is 3. The van der Waals surface area contributed by atoms with Crippen LogP contribution in [-0.2, 0) is 17.8 Å². The van der Waals surface area contributed by atoms with Crippen molar-refractivity contribution >= 4 is 55.9 Å². The fourth-order valence-corrected chi connectivity index (χ4v) is 4.80. The van der Waals surface area contributed by atoms with E-state index >= 15 is 0 Å². The molecule has 4 aromatic rings. The molecule has 33 heavy (non-hydrogen) atoms. The Morgan fingerprint density at radius 3 is 2.61 bits per heavy atom. The molecule has 0 amide bonds. The molecule has 0 bridgehead atoms. The normalized spacial score (nSPS) is 10.6. The number of nitrogens with zero attached hydrogens (tertiary/aromatic N) is 2. The number of thiazole rings is 1. The molecular formula is C25H17Cl2FN2O2S. The second-order valence-electron chi connectivity index (χ2n) is 7.24. The summed E-state index contributed by atoms with van der Waals surface area (Å²) in [6.07, 6.45) is 0.649. The molecule has 3 aromatic carbocycles. The SMILES string of the molecule is O=C(O)C#Cc1ccc(CN(CCc2ccc(Cl)cc2Cl)c2nc3cccc(F)c3s2)cc1. The highest BCUT2D eigenvalue weighted by Gasteiger charge is 2.16. The number of hydrogen-bond acceptors (Lipinski definition) is 4. The molecule has 0 spiro atoms. The maximum atomic E-state index is 14.3. The summed E-state index contributed by atoms with van der Waals surface area (Å²) in [5.41, 5.74) is 3.17. The number of aliphatic carboxylic acids is 1. The zero-order valence-corrected chi connectivity index (χ0v) is 19.5. The molecule has 1 N–H and O–H groups in total. The average molecular weight is 499 g/mol. The second kappa shape index (κ2) is 10.2. The first-order chi connectivity index (χ1) is 15.9. The summed E-state index contributed by atoms with van der Waals surface area (Å²) in [7, 11) is 0. The van der Waals surface area contributed by atoms with Gasteiger partial charge in [0.2, 0.25) is 0 Å².